The fourth-order valence-corrected chi connectivity index (χ4v) is 1.59. The lowest BCUT2D eigenvalue weighted by Gasteiger charge is -2.17. The fraction of sp³-hybridized carbons (Fsp3) is 0.500. The van der Waals surface area contributed by atoms with E-state index in [2.05, 4.69) is 5.32 Å². The number of nitrogens with one attached hydrogen (secondary N) is 1. The molecule has 0 bridgehead atoms. The van der Waals surface area contributed by atoms with E-state index < -0.39 is 5.97 Å². The van der Waals surface area contributed by atoms with Crippen LogP contribution in [0.3, 0.4) is 0 Å². The molecular formula is C16H24N2O3. The van der Waals surface area contributed by atoms with Crippen molar-refractivity contribution in [1.82, 2.24) is 5.32 Å². The monoisotopic (exact) mass is 292 g/mol. The Balaban J connectivity index is 2.54. The molecule has 5 heteroatoms. The van der Waals surface area contributed by atoms with Crippen molar-refractivity contribution >= 4 is 17.6 Å². The third-order valence-corrected chi connectivity index (χ3v) is 3.32. The predicted octanol–water partition coefficient (Wildman–Crippen LogP) is 2.07. The summed E-state index contributed by atoms with van der Waals surface area (Å²) >= 11 is 0. The lowest BCUT2D eigenvalue weighted by Crippen LogP contribution is -2.38. The summed E-state index contributed by atoms with van der Waals surface area (Å²) < 4.78 is 5.04. The topological polar surface area (TPSA) is 58.6 Å². The van der Waals surface area contributed by atoms with Crippen LogP contribution in [0.5, 0.6) is 0 Å². The van der Waals surface area contributed by atoms with Gasteiger partial charge in [-0.25, -0.2) is 4.79 Å². The van der Waals surface area contributed by atoms with Crippen LogP contribution in [-0.2, 0) is 9.53 Å². The minimum absolute atomic E-state index is 0.0493. The van der Waals surface area contributed by atoms with Crippen LogP contribution in [0.15, 0.2) is 24.3 Å². The van der Waals surface area contributed by atoms with Crippen LogP contribution in [-0.4, -0.2) is 38.6 Å². The summed E-state index contributed by atoms with van der Waals surface area (Å²) in [6.45, 7) is 5.69. The fourth-order valence-electron chi connectivity index (χ4n) is 1.59. The van der Waals surface area contributed by atoms with Gasteiger partial charge in [0, 0.05) is 25.8 Å². The first kappa shape index (κ1) is 17.0. The van der Waals surface area contributed by atoms with Gasteiger partial charge in [0.1, 0.15) is 0 Å². The van der Waals surface area contributed by atoms with Gasteiger partial charge in [0.25, 0.3) is 5.91 Å². The van der Waals surface area contributed by atoms with Crippen LogP contribution < -0.4 is 10.2 Å². The number of anilines is 1. The summed E-state index contributed by atoms with van der Waals surface area (Å²) in [5.41, 5.74) is 1.34. The third kappa shape index (κ3) is 5.45. The van der Waals surface area contributed by atoms with Gasteiger partial charge >= 0.3 is 5.97 Å². The summed E-state index contributed by atoms with van der Waals surface area (Å²) in [7, 11) is 3.79. The van der Waals surface area contributed by atoms with Crippen LogP contribution in [0, 0.1) is 5.92 Å². The molecule has 1 aromatic rings. The lowest BCUT2D eigenvalue weighted by molar-refractivity contribution is -0.125. The molecule has 0 aromatic heterocycles. The Labute approximate surface area is 126 Å². The number of ether oxygens (including phenoxy) is 1. The van der Waals surface area contributed by atoms with E-state index in [0.717, 1.165) is 5.69 Å². The molecule has 0 saturated carbocycles. The van der Waals surface area contributed by atoms with Gasteiger partial charge in [-0.15, -0.1) is 0 Å². The maximum atomic E-state index is 11.9. The zero-order chi connectivity index (χ0) is 16.0. The summed E-state index contributed by atoms with van der Waals surface area (Å²) in [4.78, 5) is 25.5. The van der Waals surface area contributed by atoms with Crippen LogP contribution in [0.4, 0.5) is 5.69 Å². The Bertz CT molecular complexity index is 498. The number of esters is 1. The van der Waals surface area contributed by atoms with E-state index in [1.54, 1.807) is 18.2 Å². The molecule has 1 N–H and O–H groups in total. The van der Waals surface area contributed by atoms with Gasteiger partial charge in [-0.3, -0.25) is 4.79 Å². The van der Waals surface area contributed by atoms with Crippen molar-refractivity contribution in [2.45, 2.75) is 26.8 Å². The maximum absolute atomic E-state index is 11.9. The number of carbonyl (C=O) groups is 2. The average Bonchev–Trinajstić information content (AvgIpc) is 2.44. The number of rotatable bonds is 6. The van der Waals surface area contributed by atoms with E-state index >= 15 is 0 Å². The quantitative estimate of drug-likeness (QED) is 0.816. The standard InChI is InChI=1S/C16H24N2O3/c1-11(2)12(3)17-15(19)10-21-16(20)13-7-6-8-14(9-13)18(4)5/h6-9,11-12H,10H2,1-5H3,(H,17,19)/t12-/m0/s1. The molecule has 1 amide bonds. The van der Waals surface area contributed by atoms with Crippen molar-refractivity contribution in [2.75, 3.05) is 25.6 Å². The second-order valence-corrected chi connectivity index (χ2v) is 5.62. The van der Waals surface area contributed by atoms with Crippen molar-refractivity contribution in [3.8, 4) is 0 Å². The summed E-state index contributed by atoms with van der Waals surface area (Å²) in [6.07, 6.45) is 0. The number of amides is 1. The Morgan fingerprint density at radius 1 is 1.24 bits per heavy atom. The molecule has 1 atom stereocenters. The molecule has 0 fully saturated rings. The molecule has 1 aromatic carbocycles. The van der Waals surface area contributed by atoms with Gasteiger partial charge in [0.2, 0.25) is 0 Å². The van der Waals surface area contributed by atoms with Crippen LogP contribution >= 0.6 is 0 Å². The number of hydrogen-bond acceptors (Lipinski definition) is 4. The first-order valence-electron chi connectivity index (χ1n) is 7.05. The minimum Gasteiger partial charge on any atom is -0.452 e. The van der Waals surface area contributed by atoms with Crippen LogP contribution in [0.2, 0.25) is 0 Å². The highest BCUT2D eigenvalue weighted by molar-refractivity contribution is 5.92. The highest BCUT2D eigenvalue weighted by Gasteiger charge is 2.14. The largest absolute Gasteiger partial charge is 0.452 e. The van der Waals surface area contributed by atoms with E-state index in [9.17, 15) is 9.59 Å². The average molecular weight is 292 g/mol. The molecule has 116 valence electrons. The first-order chi connectivity index (χ1) is 9.81. The SMILES string of the molecule is CC(C)[C@H](C)NC(=O)COC(=O)c1cccc(N(C)C)c1. The third-order valence-electron chi connectivity index (χ3n) is 3.32. The predicted molar refractivity (Wildman–Crippen MR) is 83.5 cm³/mol. The van der Waals surface area contributed by atoms with Gasteiger partial charge in [0.05, 0.1) is 5.56 Å². The molecule has 0 aliphatic rings. The van der Waals surface area contributed by atoms with Gasteiger partial charge in [0.15, 0.2) is 6.61 Å². The van der Waals surface area contributed by atoms with E-state index in [-0.39, 0.29) is 18.6 Å². The molecule has 0 unspecified atom stereocenters. The summed E-state index contributed by atoms with van der Waals surface area (Å²) in [5.74, 6) is -0.444. The van der Waals surface area contributed by atoms with Crippen molar-refractivity contribution in [3.05, 3.63) is 29.8 Å². The van der Waals surface area contributed by atoms with Crippen molar-refractivity contribution in [2.24, 2.45) is 5.92 Å². The molecule has 21 heavy (non-hydrogen) atoms. The zero-order valence-corrected chi connectivity index (χ0v) is 13.3. The molecule has 0 heterocycles. The Morgan fingerprint density at radius 3 is 2.48 bits per heavy atom. The van der Waals surface area contributed by atoms with Gasteiger partial charge in [-0.1, -0.05) is 19.9 Å². The highest BCUT2D eigenvalue weighted by Crippen LogP contribution is 2.14. The molecule has 0 saturated heterocycles. The Hall–Kier alpha value is -2.04. The second-order valence-electron chi connectivity index (χ2n) is 5.62. The van der Waals surface area contributed by atoms with Gasteiger partial charge in [-0.2, -0.15) is 0 Å². The zero-order valence-electron chi connectivity index (χ0n) is 13.3. The second kappa shape index (κ2) is 7.67. The first-order valence-corrected chi connectivity index (χ1v) is 7.05. The van der Waals surface area contributed by atoms with Crippen LogP contribution in [0.25, 0.3) is 0 Å². The highest BCUT2D eigenvalue weighted by atomic mass is 16.5. The minimum atomic E-state index is -0.494. The van der Waals surface area contributed by atoms with E-state index in [1.807, 2.05) is 45.8 Å². The molecule has 0 spiro atoms. The van der Waals surface area contributed by atoms with Crippen LogP contribution in [0.1, 0.15) is 31.1 Å². The Morgan fingerprint density at radius 2 is 1.90 bits per heavy atom. The maximum Gasteiger partial charge on any atom is 0.338 e. The van der Waals surface area contributed by atoms with Gasteiger partial charge < -0.3 is 15.0 Å². The number of hydrogen-bond donors (Lipinski definition) is 1. The molecule has 0 radical (unpaired) electrons. The van der Waals surface area contributed by atoms with Gasteiger partial charge in [-0.05, 0) is 31.0 Å². The molecular weight excluding hydrogens is 268 g/mol. The summed E-state index contributed by atoms with van der Waals surface area (Å²) in [5, 5.41) is 2.79. The van der Waals surface area contributed by atoms with E-state index in [4.69, 9.17) is 4.74 Å². The summed E-state index contributed by atoms with van der Waals surface area (Å²) in [6, 6.07) is 7.13. The lowest BCUT2D eigenvalue weighted by atomic mass is 10.1. The van der Waals surface area contributed by atoms with Crippen molar-refractivity contribution in [1.29, 1.82) is 0 Å². The molecule has 1 rings (SSSR count). The molecule has 0 aliphatic carbocycles. The number of nitrogens with zero attached hydrogens (tertiary/aromatic N) is 1. The number of carbonyl (C=O) groups excluding carboxylic acids is 2. The Kier molecular flexibility index (Phi) is 6.21. The van der Waals surface area contributed by atoms with Crippen molar-refractivity contribution < 1.29 is 14.3 Å². The number of benzene rings is 1. The molecule has 5 nitrogen and oxygen atoms in total. The van der Waals surface area contributed by atoms with E-state index in [1.165, 1.54) is 0 Å². The smallest absolute Gasteiger partial charge is 0.338 e. The normalized spacial score (nSPS) is 11.9. The van der Waals surface area contributed by atoms with Crippen molar-refractivity contribution in [3.63, 3.8) is 0 Å². The van der Waals surface area contributed by atoms with E-state index in [0.29, 0.717) is 11.5 Å². The molecule has 0 aliphatic heterocycles.